The molecule has 1 unspecified atom stereocenters. The zero-order valence-corrected chi connectivity index (χ0v) is 17.7. The average Bonchev–Trinajstić information content (AvgIpc) is 2.82. The number of methoxy groups -OCH3 is 1. The first-order chi connectivity index (χ1) is 15.2. The van der Waals surface area contributed by atoms with E-state index in [1.807, 2.05) is 48.5 Å². The number of benzene rings is 3. The lowest BCUT2D eigenvalue weighted by Crippen LogP contribution is -2.43. The van der Waals surface area contributed by atoms with Gasteiger partial charge in [0.2, 0.25) is 0 Å². The van der Waals surface area contributed by atoms with Crippen molar-refractivity contribution < 1.29 is 14.3 Å². The molecule has 1 saturated heterocycles. The van der Waals surface area contributed by atoms with Crippen LogP contribution in [-0.4, -0.2) is 36.9 Å². The molecule has 0 bridgehead atoms. The quantitative estimate of drug-likeness (QED) is 0.550. The highest BCUT2D eigenvalue weighted by Gasteiger charge is 2.35. The maximum absolute atomic E-state index is 13.1. The Morgan fingerprint density at radius 2 is 1.52 bits per heavy atom. The Morgan fingerprint density at radius 3 is 2.06 bits per heavy atom. The molecule has 0 aliphatic carbocycles. The number of hydrogen-bond donors (Lipinski definition) is 0. The van der Waals surface area contributed by atoms with Crippen molar-refractivity contribution in [2.75, 3.05) is 20.2 Å². The number of nitrogens with zero attached hydrogens (tertiary/aromatic N) is 1. The molecule has 3 aromatic carbocycles. The second-order valence-electron chi connectivity index (χ2n) is 8.05. The van der Waals surface area contributed by atoms with Crippen LogP contribution in [0, 0.1) is 5.92 Å². The van der Waals surface area contributed by atoms with Crippen LogP contribution in [0.4, 0.5) is 0 Å². The molecule has 3 aromatic rings. The number of rotatable bonds is 6. The van der Waals surface area contributed by atoms with Crippen LogP contribution in [0.5, 0.6) is 0 Å². The predicted octanol–water partition coefficient (Wildman–Crippen LogP) is 4.70. The lowest BCUT2D eigenvalue weighted by Gasteiger charge is -2.36. The number of Topliss-reactive ketones (excluding diaryl/α,β-unsaturated/α-hetero) is 1. The maximum Gasteiger partial charge on any atom is 0.337 e. The van der Waals surface area contributed by atoms with Crippen LogP contribution in [0.2, 0.25) is 0 Å². The normalized spacial score (nSPS) is 17.0. The van der Waals surface area contributed by atoms with Crippen LogP contribution in [0.1, 0.15) is 39.4 Å². The fraction of sp³-hybridized carbons (Fsp3) is 0.259. The van der Waals surface area contributed by atoms with Gasteiger partial charge in [-0.05, 0) is 28.8 Å². The molecule has 0 radical (unpaired) electrons. The van der Waals surface area contributed by atoms with E-state index in [9.17, 15) is 9.59 Å². The topological polar surface area (TPSA) is 46.6 Å². The van der Waals surface area contributed by atoms with E-state index in [2.05, 4.69) is 29.2 Å². The first kappa shape index (κ1) is 21.0. The second-order valence-corrected chi connectivity index (χ2v) is 8.05. The summed E-state index contributed by atoms with van der Waals surface area (Å²) in [6.07, 6.45) is 0.557. The molecule has 0 aromatic heterocycles. The molecule has 4 heteroatoms. The molecular formula is C27H27NO3. The van der Waals surface area contributed by atoms with E-state index in [0.717, 1.165) is 18.7 Å². The standard InChI is InChI=1S/C27H27NO3/c1-31-27(30)23-14-12-20(13-15-23)18-28-17-16-25(29)24(19-28)26(21-8-4-2-5-9-21)22-10-6-3-7-11-22/h2-15,24,26H,16-19H2,1H3. The number of carbonyl (C=O) groups excluding carboxylic acids is 2. The van der Waals surface area contributed by atoms with Gasteiger partial charge in [0.25, 0.3) is 0 Å². The summed E-state index contributed by atoms with van der Waals surface area (Å²) in [5.41, 5.74) is 4.02. The number of esters is 1. The Labute approximate surface area is 183 Å². The minimum Gasteiger partial charge on any atom is -0.465 e. The highest BCUT2D eigenvalue weighted by molar-refractivity contribution is 5.89. The van der Waals surface area contributed by atoms with Crippen LogP contribution in [-0.2, 0) is 16.1 Å². The summed E-state index contributed by atoms with van der Waals surface area (Å²) in [7, 11) is 1.39. The molecule has 0 amide bonds. The Hall–Kier alpha value is -3.24. The van der Waals surface area contributed by atoms with Crippen molar-refractivity contribution in [1.29, 1.82) is 0 Å². The predicted molar refractivity (Wildman–Crippen MR) is 121 cm³/mol. The van der Waals surface area contributed by atoms with Gasteiger partial charge in [-0.25, -0.2) is 4.79 Å². The summed E-state index contributed by atoms with van der Waals surface area (Å²) < 4.78 is 4.78. The lowest BCUT2D eigenvalue weighted by atomic mass is 9.76. The minimum atomic E-state index is -0.330. The van der Waals surface area contributed by atoms with Crippen molar-refractivity contribution in [1.82, 2.24) is 4.90 Å². The second kappa shape index (κ2) is 9.71. The third kappa shape index (κ3) is 4.92. The monoisotopic (exact) mass is 413 g/mol. The number of likely N-dealkylation sites (tertiary alicyclic amines) is 1. The highest BCUT2D eigenvalue weighted by atomic mass is 16.5. The lowest BCUT2D eigenvalue weighted by molar-refractivity contribution is -0.126. The van der Waals surface area contributed by atoms with E-state index >= 15 is 0 Å². The van der Waals surface area contributed by atoms with Crippen LogP contribution in [0.3, 0.4) is 0 Å². The Kier molecular flexibility index (Phi) is 6.58. The SMILES string of the molecule is COC(=O)c1ccc(CN2CCC(=O)C(C(c3ccccc3)c3ccccc3)C2)cc1. The van der Waals surface area contributed by atoms with Gasteiger partial charge in [0.05, 0.1) is 12.7 Å². The zero-order chi connectivity index (χ0) is 21.6. The fourth-order valence-electron chi connectivity index (χ4n) is 4.46. The molecule has 31 heavy (non-hydrogen) atoms. The van der Waals surface area contributed by atoms with E-state index in [1.165, 1.54) is 18.2 Å². The van der Waals surface area contributed by atoms with Gasteiger partial charge in [0.1, 0.15) is 5.78 Å². The van der Waals surface area contributed by atoms with Gasteiger partial charge in [0, 0.05) is 37.9 Å². The van der Waals surface area contributed by atoms with Gasteiger partial charge in [-0.2, -0.15) is 0 Å². The van der Waals surface area contributed by atoms with Crippen molar-refractivity contribution in [3.63, 3.8) is 0 Å². The minimum absolute atomic E-state index is 0.0411. The Morgan fingerprint density at radius 1 is 0.935 bits per heavy atom. The van der Waals surface area contributed by atoms with E-state index in [-0.39, 0.29) is 17.8 Å². The molecular weight excluding hydrogens is 386 g/mol. The third-order valence-corrected chi connectivity index (χ3v) is 6.04. The fourth-order valence-corrected chi connectivity index (χ4v) is 4.46. The van der Waals surface area contributed by atoms with Crippen molar-refractivity contribution in [3.05, 3.63) is 107 Å². The van der Waals surface area contributed by atoms with E-state index < -0.39 is 0 Å². The Bertz CT molecular complexity index is 976. The van der Waals surface area contributed by atoms with Crippen LogP contribution in [0.15, 0.2) is 84.9 Å². The molecule has 1 aliphatic heterocycles. The molecule has 158 valence electrons. The largest absolute Gasteiger partial charge is 0.465 e. The molecule has 4 nitrogen and oxygen atoms in total. The maximum atomic E-state index is 13.1. The first-order valence-electron chi connectivity index (χ1n) is 10.7. The van der Waals surface area contributed by atoms with Crippen LogP contribution < -0.4 is 0 Å². The molecule has 4 rings (SSSR count). The van der Waals surface area contributed by atoms with E-state index in [4.69, 9.17) is 4.74 Å². The summed E-state index contributed by atoms with van der Waals surface area (Å²) in [5, 5.41) is 0. The average molecular weight is 414 g/mol. The van der Waals surface area contributed by atoms with Gasteiger partial charge >= 0.3 is 5.97 Å². The van der Waals surface area contributed by atoms with Crippen LogP contribution in [0.25, 0.3) is 0 Å². The number of ether oxygens (including phenoxy) is 1. The molecule has 0 N–H and O–H groups in total. The molecule has 1 atom stereocenters. The van der Waals surface area contributed by atoms with Crippen molar-refractivity contribution in [3.8, 4) is 0 Å². The summed E-state index contributed by atoms with van der Waals surface area (Å²) in [6, 6.07) is 28.2. The smallest absolute Gasteiger partial charge is 0.337 e. The zero-order valence-electron chi connectivity index (χ0n) is 17.7. The van der Waals surface area contributed by atoms with Crippen molar-refractivity contribution in [2.24, 2.45) is 5.92 Å². The third-order valence-electron chi connectivity index (χ3n) is 6.04. The summed E-state index contributed by atoms with van der Waals surface area (Å²) in [4.78, 5) is 27.1. The molecule has 0 saturated carbocycles. The van der Waals surface area contributed by atoms with Gasteiger partial charge in [0.15, 0.2) is 0 Å². The van der Waals surface area contributed by atoms with E-state index in [1.54, 1.807) is 12.1 Å². The van der Waals surface area contributed by atoms with Gasteiger partial charge in [-0.3, -0.25) is 9.69 Å². The van der Waals surface area contributed by atoms with Crippen LogP contribution >= 0.6 is 0 Å². The summed E-state index contributed by atoms with van der Waals surface area (Å²) >= 11 is 0. The van der Waals surface area contributed by atoms with Crippen molar-refractivity contribution in [2.45, 2.75) is 18.9 Å². The van der Waals surface area contributed by atoms with Gasteiger partial charge < -0.3 is 4.74 Å². The Balaban J connectivity index is 1.55. The number of carbonyl (C=O) groups is 2. The molecule has 1 aliphatic rings. The number of piperidine rings is 1. The van der Waals surface area contributed by atoms with E-state index in [0.29, 0.717) is 24.3 Å². The number of ketones is 1. The van der Waals surface area contributed by atoms with Crippen molar-refractivity contribution >= 4 is 11.8 Å². The van der Waals surface area contributed by atoms with Gasteiger partial charge in [-0.1, -0.05) is 72.8 Å². The number of hydrogen-bond acceptors (Lipinski definition) is 4. The molecule has 1 fully saturated rings. The summed E-state index contributed by atoms with van der Waals surface area (Å²) in [6.45, 7) is 2.22. The molecule has 0 spiro atoms. The van der Waals surface area contributed by atoms with Gasteiger partial charge in [-0.15, -0.1) is 0 Å². The first-order valence-corrected chi connectivity index (χ1v) is 10.7. The molecule has 1 heterocycles. The highest BCUT2D eigenvalue weighted by Crippen LogP contribution is 2.35. The summed E-state index contributed by atoms with van der Waals surface area (Å²) in [5.74, 6) is -0.0500.